The standard InChI is InChI=1S/C19H20FN3O4S2/c20-16-9-21-19(29-16)22-18(24)17(23-27-13-5-7-25-10-13)12-1-3-14(4-2-12)28-15-6-8-26-11-15/h1-4,9,13,15H,5-8,10-11H2,(H,21,22,24)/b23-17+/t13-,15-/m1/s1. The second kappa shape index (κ2) is 9.66. The smallest absolute Gasteiger partial charge is 0.280 e. The van der Waals surface area contributed by atoms with E-state index in [4.69, 9.17) is 14.3 Å². The Hall–Kier alpha value is -2.01. The zero-order valence-electron chi connectivity index (χ0n) is 15.5. The lowest BCUT2D eigenvalue weighted by molar-refractivity contribution is -0.110. The Morgan fingerprint density at radius 3 is 2.69 bits per heavy atom. The molecule has 154 valence electrons. The van der Waals surface area contributed by atoms with Gasteiger partial charge in [-0.3, -0.25) is 10.1 Å². The molecule has 3 heterocycles. The Bertz CT molecular complexity index is 863. The van der Waals surface area contributed by atoms with Gasteiger partial charge in [-0.1, -0.05) is 28.6 Å². The van der Waals surface area contributed by atoms with E-state index in [1.807, 2.05) is 24.3 Å². The Labute approximate surface area is 175 Å². The van der Waals surface area contributed by atoms with Crippen LogP contribution >= 0.6 is 23.1 Å². The highest BCUT2D eigenvalue weighted by Crippen LogP contribution is 2.29. The molecule has 2 fully saturated rings. The number of hydrogen-bond donors (Lipinski definition) is 1. The summed E-state index contributed by atoms with van der Waals surface area (Å²) in [6, 6.07) is 7.55. The molecule has 1 N–H and O–H groups in total. The minimum Gasteiger partial charge on any atom is -0.389 e. The number of halogens is 1. The number of carbonyl (C=O) groups excluding carboxylic acids is 1. The van der Waals surface area contributed by atoms with Crippen molar-refractivity contribution in [1.82, 2.24) is 4.98 Å². The maximum absolute atomic E-state index is 13.2. The number of anilines is 1. The van der Waals surface area contributed by atoms with E-state index in [1.165, 1.54) is 0 Å². The van der Waals surface area contributed by atoms with Crippen LogP contribution in [0.15, 0.2) is 40.5 Å². The molecule has 0 unspecified atom stereocenters. The molecule has 4 rings (SSSR count). The van der Waals surface area contributed by atoms with Crippen molar-refractivity contribution in [3.05, 3.63) is 41.2 Å². The number of thioether (sulfide) groups is 1. The van der Waals surface area contributed by atoms with Crippen LogP contribution in [0, 0.1) is 5.13 Å². The second-order valence-corrected chi connectivity index (χ2v) is 8.94. The lowest BCUT2D eigenvalue weighted by Crippen LogP contribution is -2.25. The van der Waals surface area contributed by atoms with E-state index in [9.17, 15) is 9.18 Å². The molecular formula is C19H20FN3O4S2. The summed E-state index contributed by atoms with van der Waals surface area (Å²) in [6.45, 7) is 2.60. The van der Waals surface area contributed by atoms with E-state index in [0.717, 1.165) is 48.5 Å². The van der Waals surface area contributed by atoms with E-state index >= 15 is 0 Å². The van der Waals surface area contributed by atoms with Gasteiger partial charge < -0.3 is 14.3 Å². The number of benzene rings is 1. The molecule has 2 aliphatic rings. The summed E-state index contributed by atoms with van der Waals surface area (Å²) in [5.74, 6) is -0.511. The highest BCUT2D eigenvalue weighted by Gasteiger charge is 2.22. The molecule has 1 amide bonds. The van der Waals surface area contributed by atoms with Gasteiger partial charge in [0.1, 0.15) is 0 Å². The summed E-state index contributed by atoms with van der Waals surface area (Å²) in [5, 5.41) is 6.80. The van der Waals surface area contributed by atoms with Crippen LogP contribution in [0.5, 0.6) is 0 Å². The molecule has 1 aromatic carbocycles. The van der Waals surface area contributed by atoms with Gasteiger partial charge in [0.05, 0.1) is 26.0 Å². The van der Waals surface area contributed by atoms with Crippen molar-refractivity contribution in [2.45, 2.75) is 29.1 Å². The lowest BCUT2D eigenvalue weighted by Gasteiger charge is -2.11. The molecule has 2 aromatic rings. The fourth-order valence-electron chi connectivity index (χ4n) is 2.91. The van der Waals surface area contributed by atoms with Crippen molar-refractivity contribution >= 4 is 39.8 Å². The quantitative estimate of drug-likeness (QED) is 0.529. The summed E-state index contributed by atoms with van der Waals surface area (Å²) in [7, 11) is 0. The average Bonchev–Trinajstić information content (AvgIpc) is 3.47. The summed E-state index contributed by atoms with van der Waals surface area (Å²) in [4.78, 5) is 23.2. The third kappa shape index (κ3) is 5.53. The number of nitrogens with one attached hydrogen (secondary N) is 1. The van der Waals surface area contributed by atoms with Crippen molar-refractivity contribution in [3.63, 3.8) is 0 Å². The van der Waals surface area contributed by atoms with E-state index in [0.29, 0.717) is 24.0 Å². The summed E-state index contributed by atoms with van der Waals surface area (Å²) in [6.07, 6.45) is 2.62. The number of nitrogens with zero attached hydrogens (tertiary/aromatic N) is 2. The molecule has 1 aromatic heterocycles. The van der Waals surface area contributed by atoms with E-state index in [1.54, 1.807) is 11.8 Å². The van der Waals surface area contributed by atoms with Crippen LogP contribution in [0.3, 0.4) is 0 Å². The number of oxime groups is 1. The Morgan fingerprint density at radius 2 is 2.03 bits per heavy atom. The summed E-state index contributed by atoms with van der Waals surface area (Å²) < 4.78 is 23.9. The first-order valence-corrected chi connectivity index (χ1v) is 11.0. The van der Waals surface area contributed by atoms with Gasteiger partial charge in [-0.15, -0.1) is 11.8 Å². The van der Waals surface area contributed by atoms with Crippen LogP contribution < -0.4 is 5.32 Å². The highest BCUT2D eigenvalue weighted by molar-refractivity contribution is 8.00. The van der Waals surface area contributed by atoms with Crippen LogP contribution in [-0.2, 0) is 19.1 Å². The minimum atomic E-state index is -0.511. The van der Waals surface area contributed by atoms with Gasteiger partial charge in [0.15, 0.2) is 22.1 Å². The Balaban J connectivity index is 1.50. The lowest BCUT2D eigenvalue weighted by atomic mass is 10.1. The van der Waals surface area contributed by atoms with Gasteiger partial charge in [0.2, 0.25) is 0 Å². The normalized spacial score (nSPS) is 22.0. The molecule has 0 spiro atoms. The van der Waals surface area contributed by atoms with E-state index in [2.05, 4.69) is 15.5 Å². The molecule has 2 atom stereocenters. The topological polar surface area (TPSA) is 82.0 Å². The SMILES string of the molecule is O=C(Nc1ncc(F)s1)/C(=N/O[C@@H]1CCOC1)c1ccc(S[C@@H]2CCOC2)cc1. The molecule has 29 heavy (non-hydrogen) atoms. The zero-order valence-corrected chi connectivity index (χ0v) is 17.1. The molecular weight excluding hydrogens is 417 g/mol. The maximum atomic E-state index is 13.2. The molecule has 7 nitrogen and oxygen atoms in total. The molecule has 0 saturated carbocycles. The maximum Gasteiger partial charge on any atom is 0.280 e. The van der Waals surface area contributed by atoms with Gasteiger partial charge in [0, 0.05) is 28.7 Å². The van der Waals surface area contributed by atoms with Gasteiger partial charge in [-0.25, -0.2) is 4.98 Å². The predicted molar refractivity (Wildman–Crippen MR) is 109 cm³/mol. The van der Waals surface area contributed by atoms with Gasteiger partial charge >= 0.3 is 0 Å². The predicted octanol–water partition coefficient (Wildman–Crippen LogP) is 3.31. The number of aromatic nitrogens is 1. The van der Waals surface area contributed by atoms with Gasteiger partial charge in [-0.05, 0) is 18.6 Å². The van der Waals surface area contributed by atoms with Gasteiger partial charge in [-0.2, -0.15) is 4.39 Å². The van der Waals surface area contributed by atoms with E-state index in [-0.39, 0.29) is 16.9 Å². The molecule has 2 aliphatic heterocycles. The van der Waals surface area contributed by atoms with Crippen LogP contribution in [0.1, 0.15) is 18.4 Å². The van der Waals surface area contributed by atoms with Crippen molar-refractivity contribution in [2.24, 2.45) is 5.16 Å². The second-order valence-electron chi connectivity index (χ2n) is 6.58. The number of carbonyl (C=O) groups is 1. The van der Waals surface area contributed by atoms with Crippen LogP contribution in [0.4, 0.5) is 9.52 Å². The van der Waals surface area contributed by atoms with Crippen molar-refractivity contribution in [1.29, 1.82) is 0 Å². The molecule has 10 heteroatoms. The number of amides is 1. The number of rotatable bonds is 7. The van der Waals surface area contributed by atoms with Crippen molar-refractivity contribution < 1.29 is 23.5 Å². The average molecular weight is 438 g/mol. The summed E-state index contributed by atoms with van der Waals surface area (Å²) in [5.41, 5.74) is 0.707. The van der Waals surface area contributed by atoms with Crippen molar-refractivity contribution in [2.75, 3.05) is 31.7 Å². The molecule has 2 saturated heterocycles. The minimum absolute atomic E-state index is 0.105. The van der Waals surface area contributed by atoms with Crippen LogP contribution in [0.2, 0.25) is 0 Å². The first-order valence-electron chi connectivity index (χ1n) is 9.26. The molecule has 0 radical (unpaired) electrons. The fraction of sp³-hybridized carbons (Fsp3) is 0.421. The first kappa shape index (κ1) is 20.3. The Morgan fingerprint density at radius 1 is 1.24 bits per heavy atom. The number of ether oxygens (including phenoxy) is 2. The monoisotopic (exact) mass is 437 g/mol. The first-order chi connectivity index (χ1) is 14.2. The van der Waals surface area contributed by atoms with Crippen LogP contribution in [0.25, 0.3) is 0 Å². The Kier molecular flexibility index (Phi) is 6.75. The number of thiazole rings is 1. The fourth-order valence-corrected chi connectivity index (χ4v) is 4.50. The van der Waals surface area contributed by atoms with Crippen LogP contribution in [-0.4, -0.2) is 54.4 Å². The van der Waals surface area contributed by atoms with Crippen molar-refractivity contribution in [3.8, 4) is 0 Å². The third-order valence-corrected chi connectivity index (χ3v) is 6.36. The zero-order chi connectivity index (χ0) is 20.1. The number of hydrogen-bond acceptors (Lipinski definition) is 8. The van der Waals surface area contributed by atoms with Gasteiger partial charge in [0.25, 0.3) is 5.91 Å². The summed E-state index contributed by atoms with van der Waals surface area (Å²) >= 11 is 2.51. The third-order valence-electron chi connectivity index (χ3n) is 4.41. The molecule has 0 aliphatic carbocycles. The van der Waals surface area contributed by atoms with E-state index < -0.39 is 11.0 Å². The molecule has 0 bridgehead atoms. The largest absolute Gasteiger partial charge is 0.389 e. The highest BCUT2D eigenvalue weighted by atomic mass is 32.2.